The van der Waals surface area contributed by atoms with Crippen LogP contribution in [-0.4, -0.2) is 37.7 Å². The first kappa shape index (κ1) is 13.5. The van der Waals surface area contributed by atoms with Crippen molar-refractivity contribution in [2.45, 2.75) is 0 Å². The second-order valence-electron chi connectivity index (χ2n) is 10.0. The number of pyridine rings is 1. The molecule has 0 aliphatic heterocycles. The smallest absolute Gasteiger partial charge is 0.319 e. The van der Waals surface area contributed by atoms with E-state index >= 15 is 0 Å². The Morgan fingerprint density at radius 1 is 0.532 bits per heavy atom. The average molecular weight is 804 g/mol. The van der Waals surface area contributed by atoms with Crippen molar-refractivity contribution in [2.75, 3.05) is 0 Å². The summed E-state index contributed by atoms with van der Waals surface area (Å²) in [5.74, 6) is -1.40. The van der Waals surface area contributed by atoms with E-state index in [1.807, 2.05) is 0 Å². The van der Waals surface area contributed by atoms with Crippen molar-refractivity contribution >= 4 is 72.4 Å². The summed E-state index contributed by atoms with van der Waals surface area (Å²) in [6.07, 6.45) is 0. The molecule has 47 heavy (non-hydrogen) atoms. The average Bonchev–Trinajstić information content (AvgIpc) is 4.06. The molecule has 0 amide bonds. The van der Waals surface area contributed by atoms with Gasteiger partial charge in [-0.3, -0.25) is 0 Å². The molecule has 11 rings (SSSR count). The normalized spacial score (nSPS) is 18.0. The molecule has 0 aliphatic carbocycles. The molecule has 0 unspecified atom stereocenters. The van der Waals surface area contributed by atoms with Gasteiger partial charge in [-0.1, -0.05) is 53.4 Å². The molecule has 0 saturated heterocycles. The van der Waals surface area contributed by atoms with Crippen molar-refractivity contribution < 1.29 is 48.5 Å². The number of nitrogens with zero attached hydrogens (tertiary/aromatic N) is 8. The van der Waals surface area contributed by atoms with Crippen LogP contribution in [0.5, 0.6) is 0 Å². The number of aromatic nitrogens is 8. The predicted molar refractivity (Wildman–Crippen MR) is 180 cm³/mol. The second-order valence-corrected chi connectivity index (χ2v) is 10.0. The molecule has 0 aliphatic rings. The van der Waals surface area contributed by atoms with E-state index < -0.39 is 127 Å². The fourth-order valence-electron chi connectivity index (χ4n) is 5.84. The Morgan fingerprint density at radius 3 is 2.21 bits per heavy atom. The summed E-state index contributed by atoms with van der Waals surface area (Å²) >= 11 is 0. The maximum absolute atomic E-state index is 9.37. The molecule has 0 saturated carbocycles. The van der Waals surface area contributed by atoms with E-state index in [2.05, 4.69) is 22.1 Å². The zero-order valence-corrected chi connectivity index (χ0v) is 25.2. The number of hydrogen-bond donors (Lipinski definition) is 0. The van der Waals surface area contributed by atoms with E-state index in [0.717, 1.165) is 17.8 Å². The molecule has 6 aromatic heterocycles. The Morgan fingerprint density at radius 2 is 1.26 bits per heavy atom. The van der Waals surface area contributed by atoms with Gasteiger partial charge < -0.3 is 4.57 Å². The van der Waals surface area contributed by atoms with Crippen molar-refractivity contribution in [2.24, 2.45) is 0 Å². The Balaban J connectivity index is 0.00000525. The summed E-state index contributed by atoms with van der Waals surface area (Å²) < 4.78 is 179. The fraction of sp³-hybridized carbons (Fsp3) is 0. The van der Waals surface area contributed by atoms with Gasteiger partial charge in [0.1, 0.15) is 11.3 Å². The van der Waals surface area contributed by atoms with Crippen molar-refractivity contribution in [1.82, 2.24) is 37.7 Å². The molecule has 0 bridgehead atoms. The molecular formula is C38H20N8Pt. The van der Waals surface area contributed by atoms with Crippen LogP contribution >= 0.6 is 0 Å². The van der Waals surface area contributed by atoms with Crippen LogP contribution in [0.3, 0.4) is 0 Å². The van der Waals surface area contributed by atoms with Crippen LogP contribution in [0.15, 0.2) is 121 Å². The molecule has 0 spiro atoms. The molecular weight excluding hydrogens is 764 g/mol. The van der Waals surface area contributed by atoms with Crippen molar-refractivity contribution in [3.05, 3.63) is 133 Å². The number of fused-ring (bicyclic) bond motifs is 15. The third kappa shape index (κ3) is 3.45. The summed E-state index contributed by atoms with van der Waals surface area (Å²) in [4.78, 5) is 18.8. The van der Waals surface area contributed by atoms with E-state index in [9.17, 15) is 4.11 Å². The van der Waals surface area contributed by atoms with Crippen LogP contribution in [0, 0.1) is 12.1 Å². The van der Waals surface area contributed by atoms with Gasteiger partial charge in [-0.25, -0.2) is 33.1 Å². The number of benzene rings is 5. The summed E-state index contributed by atoms with van der Waals surface area (Å²) in [6.45, 7) is 0. The standard InChI is InChI=1S/C38H20N8.Pt/c1-2-11-23(12-3-1)24-15-10-20-32-34(24)42-38-45(32)36-39-27-16-6-9-19-31(27)44(36)37-40-28-21-22-33(41-35(28)46(37)38)43-29-17-7-4-13-25(29)26-14-5-8-18-30(26)43;/h1-11,13-17,19-22H;/q-2;+2/i1D,2D,3D,4D,5D,6D,7D,8D,9D,10D,11D,13D,14D,15D,16D,17D,19D,20D,21D,22D;. The fourth-order valence-corrected chi connectivity index (χ4v) is 5.84. The predicted octanol–water partition coefficient (Wildman–Crippen LogP) is 7.85. The van der Waals surface area contributed by atoms with Gasteiger partial charge in [0.2, 0.25) is 17.3 Å². The van der Waals surface area contributed by atoms with Gasteiger partial charge in [-0.05, 0) is 45.8 Å². The molecule has 8 nitrogen and oxygen atoms in total. The monoisotopic (exact) mass is 803 g/mol. The first-order chi connectivity index (χ1) is 31.1. The van der Waals surface area contributed by atoms with Gasteiger partial charge >= 0.3 is 21.1 Å². The van der Waals surface area contributed by atoms with Gasteiger partial charge in [0.05, 0.1) is 39.9 Å². The Bertz CT molecular complexity index is 4200. The van der Waals surface area contributed by atoms with E-state index in [4.69, 9.17) is 33.3 Å². The minimum absolute atomic E-state index is 0. The van der Waals surface area contributed by atoms with Gasteiger partial charge in [-0.15, -0.1) is 41.2 Å². The molecule has 6 heterocycles. The largest absolute Gasteiger partial charge is 2.00 e. The first-order valence-corrected chi connectivity index (χ1v) is 13.5. The van der Waals surface area contributed by atoms with Gasteiger partial charge in [0, 0.05) is 11.0 Å². The number of para-hydroxylation sites is 5. The minimum atomic E-state index is -0.729. The molecule has 0 N–H and O–H groups in total. The molecule has 222 valence electrons. The molecule has 0 atom stereocenters. The minimum Gasteiger partial charge on any atom is -0.319 e. The van der Waals surface area contributed by atoms with E-state index in [1.165, 1.54) is 0 Å². The van der Waals surface area contributed by atoms with Gasteiger partial charge in [0.25, 0.3) is 0 Å². The Hall–Kier alpha value is -5.85. The second kappa shape index (κ2) is 9.58. The van der Waals surface area contributed by atoms with Gasteiger partial charge in [0.15, 0.2) is 5.65 Å². The topological polar surface area (TPSA) is 69.7 Å². The van der Waals surface area contributed by atoms with Crippen molar-refractivity contribution in [1.29, 1.82) is 0 Å². The molecule has 0 radical (unpaired) electrons. The number of rotatable bonds is 2. The number of imidazole rings is 3. The van der Waals surface area contributed by atoms with Crippen LogP contribution in [0.2, 0.25) is 0 Å². The Kier molecular flexibility index (Phi) is 2.75. The third-order valence-corrected chi connectivity index (χ3v) is 7.68. The molecule has 5 aromatic carbocycles. The van der Waals surface area contributed by atoms with Crippen LogP contribution in [0.25, 0.3) is 89.3 Å². The van der Waals surface area contributed by atoms with E-state index in [0.29, 0.717) is 0 Å². The number of hydrogen-bond acceptors (Lipinski definition) is 4. The SMILES string of the molecule is [2H]c1[c-]c(-c2c([2H])c([2H])c([2H])c3c2nc2n4c5nc(-n6c7[c-]c([2H])c([2H])c([2H])c7c7c([2H])c([2H])c([2H])c([2H])c76)c([2H])c([2H])c5nc4n4c5c([2H])c([2H])c([2H])c([2H])c5nc4n32)c([2H])c([2H])c1[2H].[Pt+2]. The maximum atomic E-state index is 9.37. The summed E-state index contributed by atoms with van der Waals surface area (Å²) in [5, 5.41) is -0.488. The summed E-state index contributed by atoms with van der Waals surface area (Å²) in [7, 11) is 0. The van der Waals surface area contributed by atoms with Crippen molar-refractivity contribution in [3.63, 3.8) is 0 Å². The quantitative estimate of drug-likeness (QED) is 0.167. The maximum Gasteiger partial charge on any atom is 2.00 e. The zero-order valence-electron chi connectivity index (χ0n) is 42.9. The van der Waals surface area contributed by atoms with Crippen LogP contribution in [0.1, 0.15) is 27.4 Å². The van der Waals surface area contributed by atoms with E-state index in [1.54, 1.807) is 0 Å². The van der Waals surface area contributed by atoms with Crippen LogP contribution in [0.4, 0.5) is 0 Å². The summed E-state index contributed by atoms with van der Waals surface area (Å²) in [5.41, 5.74) is -3.18. The molecule has 11 aromatic rings. The van der Waals surface area contributed by atoms with Crippen LogP contribution in [-0.2, 0) is 21.1 Å². The van der Waals surface area contributed by atoms with Crippen LogP contribution < -0.4 is 0 Å². The summed E-state index contributed by atoms with van der Waals surface area (Å²) in [6, 6.07) is -7.83. The zero-order chi connectivity index (χ0) is 47.3. The Labute approximate surface area is 308 Å². The van der Waals surface area contributed by atoms with E-state index in [-0.39, 0.29) is 105 Å². The molecule has 9 heteroatoms. The third-order valence-electron chi connectivity index (χ3n) is 7.68. The van der Waals surface area contributed by atoms with Gasteiger partial charge in [-0.2, -0.15) is 24.2 Å². The first-order valence-electron chi connectivity index (χ1n) is 23.5. The van der Waals surface area contributed by atoms with Crippen molar-refractivity contribution in [3.8, 4) is 16.9 Å². The molecule has 0 fully saturated rings.